The van der Waals surface area contributed by atoms with Crippen molar-refractivity contribution in [1.82, 2.24) is 0 Å². The molecule has 0 aromatic rings. The predicted octanol–water partition coefficient (Wildman–Crippen LogP) is 5.98. The van der Waals surface area contributed by atoms with Crippen LogP contribution in [0.1, 0.15) is 100 Å². The molecule has 232 valence electrons. The zero-order valence-corrected chi connectivity index (χ0v) is 26.4. The van der Waals surface area contributed by atoms with Crippen molar-refractivity contribution in [1.29, 1.82) is 0 Å². The summed E-state index contributed by atoms with van der Waals surface area (Å²) in [5.74, 6) is -2.98. The summed E-state index contributed by atoms with van der Waals surface area (Å²) < 4.78 is 12.2. The van der Waals surface area contributed by atoms with E-state index in [2.05, 4.69) is 6.08 Å². The van der Waals surface area contributed by atoms with E-state index in [-0.39, 0.29) is 36.4 Å². The second kappa shape index (κ2) is 16.0. The third kappa shape index (κ3) is 10.6. The van der Waals surface area contributed by atoms with Crippen molar-refractivity contribution in [3.63, 3.8) is 0 Å². The van der Waals surface area contributed by atoms with E-state index in [1.54, 1.807) is 6.08 Å². The Bertz CT molecular complexity index is 1010. The molecular formula is C34H54O7. The Labute approximate surface area is 247 Å². The first-order valence-electron chi connectivity index (χ1n) is 15.4. The molecule has 0 aliphatic carbocycles. The van der Waals surface area contributed by atoms with Gasteiger partial charge in [0.05, 0.1) is 18.6 Å². The average Bonchev–Trinajstić information content (AvgIpc) is 2.91. The number of aliphatic hydroxyl groups excluding tert-OH is 2. The van der Waals surface area contributed by atoms with E-state index in [4.69, 9.17) is 9.47 Å². The van der Waals surface area contributed by atoms with Crippen LogP contribution >= 0.6 is 0 Å². The van der Waals surface area contributed by atoms with Gasteiger partial charge in [0.25, 0.3) is 0 Å². The summed E-state index contributed by atoms with van der Waals surface area (Å²) in [6, 6.07) is 0. The van der Waals surface area contributed by atoms with E-state index in [9.17, 15) is 24.9 Å². The van der Waals surface area contributed by atoms with Crippen LogP contribution in [-0.4, -0.2) is 57.3 Å². The van der Waals surface area contributed by atoms with Gasteiger partial charge in [0, 0.05) is 24.7 Å². The number of fused-ring (bicyclic) bond motifs is 2. The fourth-order valence-electron chi connectivity index (χ4n) is 6.05. The lowest BCUT2D eigenvalue weighted by Crippen LogP contribution is -2.45. The minimum absolute atomic E-state index is 0.0542. The Hall–Kier alpha value is -2.06. The molecule has 0 amide bonds. The van der Waals surface area contributed by atoms with Gasteiger partial charge in [0.1, 0.15) is 12.2 Å². The van der Waals surface area contributed by atoms with E-state index in [0.717, 1.165) is 29.6 Å². The molecule has 0 saturated heterocycles. The molecule has 0 saturated carbocycles. The van der Waals surface area contributed by atoms with Crippen LogP contribution in [0.15, 0.2) is 47.1 Å². The quantitative estimate of drug-likeness (QED) is 0.203. The third-order valence-electron chi connectivity index (χ3n) is 8.60. The highest BCUT2D eigenvalue weighted by molar-refractivity contribution is 5.94. The lowest BCUT2D eigenvalue weighted by atomic mass is 9.80. The second-order valence-corrected chi connectivity index (χ2v) is 12.6. The standard InChI is InChI=1S/C34H54O7/c1-9-29(36)25(6)18-21(2)19-26(7)33-27(8)31(38)22(3)14-15-28(35)13-11-10-12-23(4)32-24(5)16-17-34(39,41-32)20-30(37)40-33/h12,14-16,18,21-22,26-28,31-33,35,38-39H,9-11,13,17,19-20H2,1-8H3/b15-14-,23-12+,25-18+/t21-,22-,26+,27-,28+,31+,32-,33-,34-/m1/s1. The first-order valence-corrected chi connectivity index (χ1v) is 15.4. The number of cyclic esters (lactones) is 1. The van der Waals surface area contributed by atoms with Gasteiger partial charge in [-0.15, -0.1) is 0 Å². The molecular weight excluding hydrogens is 520 g/mol. The molecule has 0 aromatic carbocycles. The van der Waals surface area contributed by atoms with Gasteiger partial charge in [-0.2, -0.15) is 0 Å². The van der Waals surface area contributed by atoms with Crippen LogP contribution in [0.25, 0.3) is 0 Å². The maximum absolute atomic E-state index is 13.3. The van der Waals surface area contributed by atoms with Crippen LogP contribution in [0, 0.1) is 23.7 Å². The van der Waals surface area contributed by atoms with Crippen molar-refractivity contribution in [2.45, 2.75) is 131 Å². The van der Waals surface area contributed by atoms with Crippen LogP contribution < -0.4 is 0 Å². The zero-order valence-electron chi connectivity index (χ0n) is 26.4. The molecule has 0 unspecified atom stereocenters. The molecule has 0 radical (unpaired) electrons. The molecule has 2 rings (SSSR count). The molecule has 0 spiro atoms. The largest absolute Gasteiger partial charge is 0.462 e. The molecule has 3 N–H and O–H groups in total. The summed E-state index contributed by atoms with van der Waals surface area (Å²) >= 11 is 0. The number of aliphatic hydroxyl groups is 3. The van der Waals surface area contributed by atoms with Crippen molar-refractivity contribution >= 4 is 11.8 Å². The number of hydrogen-bond donors (Lipinski definition) is 3. The zero-order chi connectivity index (χ0) is 30.9. The van der Waals surface area contributed by atoms with Crippen LogP contribution in [0.3, 0.4) is 0 Å². The summed E-state index contributed by atoms with van der Waals surface area (Å²) in [6.07, 6.45) is 10.0. The van der Waals surface area contributed by atoms with Gasteiger partial charge in [0.2, 0.25) is 0 Å². The monoisotopic (exact) mass is 574 g/mol. The Balaban J connectivity index is 2.38. The Morgan fingerprint density at radius 2 is 1.80 bits per heavy atom. The number of carbonyl (C=O) groups excluding carboxylic acids is 2. The smallest absolute Gasteiger partial charge is 0.311 e. The SMILES string of the molecule is CCC(=O)/C(C)=C/[C@@H](C)C[C@H](C)[C@H]1OC(=O)C[C@@]2(O)CC=C(C)[C@H](O2)/C(C)=C/CCC[C@H](O)/C=C\[C@@H](C)[C@H](O)[C@H]1C. The number of Topliss-reactive ketones (excluding diaryl/α,β-unsaturated/α-hetero) is 1. The highest BCUT2D eigenvalue weighted by Crippen LogP contribution is 2.35. The third-order valence-corrected chi connectivity index (χ3v) is 8.60. The number of allylic oxidation sites excluding steroid dienone is 3. The van der Waals surface area contributed by atoms with E-state index >= 15 is 0 Å². The summed E-state index contributed by atoms with van der Waals surface area (Å²) in [5.41, 5.74) is 2.65. The van der Waals surface area contributed by atoms with Gasteiger partial charge in [-0.25, -0.2) is 0 Å². The van der Waals surface area contributed by atoms with Crippen LogP contribution in [0.5, 0.6) is 0 Å². The fraction of sp³-hybridized carbons (Fsp3) is 0.706. The number of ether oxygens (including phenoxy) is 2. The van der Waals surface area contributed by atoms with Gasteiger partial charge in [-0.05, 0) is 75.0 Å². The maximum Gasteiger partial charge on any atom is 0.311 e. The molecule has 0 aromatic heterocycles. The van der Waals surface area contributed by atoms with Crippen molar-refractivity contribution in [2.24, 2.45) is 23.7 Å². The number of hydrogen-bond acceptors (Lipinski definition) is 7. The first kappa shape index (κ1) is 35.1. The molecule has 2 bridgehead atoms. The summed E-state index contributed by atoms with van der Waals surface area (Å²) in [4.78, 5) is 25.5. The normalized spacial score (nSPS) is 36.5. The average molecular weight is 575 g/mol. The molecule has 0 fully saturated rings. The molecule has 2 aliphatic heterocycles. The van der Waals surface area contributed by atoms with Gasteiger partial charge < -0.3 is 24.8 Å². The predicted molar refractivity (Wildman–Crippen MR) is 162 cm³/mol. The molecule has 7 heteroatoms. The Kier molecular flexibility index (Phi) is 13.7. The molecule has 41 heavy (non-hydrogen) atoms. The fourth-order valence-corrected chi connectivity index (χ4v) is 6.05. The van der Waals surface area contributed by atoms with E-state index < -0.39 is 42.1 Å². The highest BCUT2D eigenvalue weighted by atomic mass is 16.6. The lowest BCUT2D eigenvalue weighted by molar-refractivity contribution is -0.230. The Morgan fingerprint density at radius 1 is 1.15 bits per heavy atom. The topological polar surface area (TPSA) is 113 Å². The van der Waals surface area contributed by atoms with Crippen molar-refractivity contribution in [2.75, 3.05) is 0 Å². The number of ketones is 1. The van der Waals surface area contributed by atoms with Crippen LogP contribution in [-0.2, 0) is 19.1 Å². The lowest BCUT2D eigenvalue weighted by Gasteiger charge is -2.38. The van der Waals surface area contributed by atoms with Crippen LogP contribution in [0.4, 0.5) is 0 Å². The molecule has 7 nitrogen and oxygen atoms in total. The summed E-state index contributed by atoms with van der Waals surface area (Å²) in [6.45, 7) is 15.3. The van der Waals surface area contributed by atoms with Crippen molar-refractivity contribution in [3.05, 3.63) is 47.1 Å². The number of rotatable bonds is 6. The maximum atomic E-state index is 13.3. The van der Waals surface area contributed by atoms with Gasteiger partial charge in [0.15, 0.2) is 11.6 Å². The van der Waals surface area contributed by atoms with Crippen molar-refractivity contribution in [3.8, 4) is 0 Å². The summed E-state index contributed by atoms with van der Waals surface area (Å²) in [7, 11) is 0. The van der Waals surface area contributed by atoms with Crippen LogP contribution in [0.2, 0.25) is 0 Å². The van der Waals surface area contributed by atoms with Gasteiger partial charge in [-0.3, -0.25) is 9.59 Å². The summed E-state index contributed by atoms with van der Waals surface area (Å²) in [5, 5.41) is 33.1. The minimum Gasteiger partial charge on any atom is -0.462 e. The van der Waals surface area contributed by atoms with E-state index in [1.165, 1.54) is 0 Å². The van der Waals surface area contributed by atoms with Gasteiger partial charge >= 0.3 is 5.97 Å². The Morgan fingerprint density at radius 3 is 2.46 bits per heavy atom. The van der Waals surface area contributed by atoms with Gasteiger partial charge in [-0.1, -0.05) is 65.0 Å². The number of carbonyl (C=O) groups is 2. The molecule has 9 atom stereocenters. The first-order chi connectivity index (χ1) is 19.2. The molecule has 2 aliphatic rings. The highest BCUT2D eigenvalue weighted by Gasteiger charge is 2.40. The second-order valence-electron chi connectivity index (χ2n) is 12.6. The minimum atomic E-state index is -1.70. The number of esters is 1. The molecule has 2 heterocycles. The van der Waals surface area contributed by atoms with E-state index in [1.807, 2.05) is 73.6 Å². The van der Waals surface area contributed by atoms with E-state index in [0.29, 0.717) is 19.3 Å². The van der Waals surface area contributed by atoms with Crippen molar-refractivity contribution < 1.29 is 34.4 Å².